The maximum atomic E-state index is 12.9. The number of carbonyl (C=O) groups is 1. The SMILES string of the molecule is N=C(N)NCC[C@H](O)C(=O)N[C@@H]1C[C@H](N)[C@@H](O[C@H]2O[C@H](CN)[C@@H](O)C[C@H]2N)[C@H](O[C@@H]2O[C@H](CO)[C@@H](O[C@H]3O[C@@H](CN)[C@@H](O)[C@H](O)[C@H]3N)[C@H]2O)[C@H]1O. The lowest BCUT2D eigenvalue weighted by Gasteiger charge is -2.47. The van der Waals surface area contributed by atoms with Gasteiger partial charge < -0.3 is 109 Å². The Morgan fingerprint density at radius 3 is 2.02 bits per heavy atom. The Labute approximate surface area is 293 Å². The van der Waals surface area contributed by atoms with Crippen LogP contribution in [0.2, 0.25) is 0 Å². The molecule has 4 aliphatic rings. The number of nitrogens with one attached hydrogen (secondary N) is 3. The zero-order valence-corrected chi connectivity index (χ0v) is 27.9. The molecule has 1 amide bonds. The van der Waals surface area contributed by atoms with Crippen LogP contribution in [0.15, 0.2) is 0 Å². The fourth-order valence-corrected chi connectivity index (χ4v) is 6.59. The van der Waals surface area contributed by atoms with Gasteiger partial charge in [0.25, 0.3) is 0 Å². The molecule has 0 unspecified atom stereocenters. The lowest BCUT2D eigenvalue weighted by atomic mass is 9.83. The van der Waals surface area contributed by atoms with Gasteiger partial charge in [0.05, 0.1) is 36.9 Å². The third-order valence-electron chi connectivity index (χ3n) is 9.54. The highest BCUT2D eigenvalue weighted by molar-refractivity contribution is 5.81. The second kappa shape index (κ2) is 18.4. The van der Waals surface area contributed by atoms with E-state index in [1.807, 2.05) is 0 Å². The molecule has 23 nitrogen and oxygen atoms in total. The zero-order chi connectivity index (χ0) is 37.7. The Hall–Kier alpha value is -1.98. The fourth-order valence-electron chi connectivity index (χ4n) is 6.59. The molecule has 0 aromatic heterocycles. The van der Waals surface area contributed by atoms with E-state index >= 15 is 0 Å². The van der Waals surface area contributed by atoms with Gasteiger partial charge in [-0.1, -0.05) is 0 Å². The molecule has 1 aliphatic carbocycles. The molecule has 0 radical (unpaired) electrons. The van der Waals surface area contributed by atoms with Crippen LogP contribution in [0.3, 0.4) is 0 Å². The molecule has 3 heterocycles. The maximum Gasteiger partial charge on any atom is 0.249 e. The Bertz CT molecular complexity index is 1140. The van der Waals surface area contributed by atoms with Crippen molar-refractivity contribution in [3.8, 4) is 0 Å². The number of amides is 1. The molecule has 22 N–H and O–H groups in total. The summed E-state index contributed by atoms with van der Waals surface area (Å²) in [6, 6.07) is -4.30. The first-order chi connectivity index (χ1) is 24.1. The third kappa shape index (κ3) is 9.77. The maximum absolute atomic E-state index is 12.9. The molecule has 4 fully saturated rings. The molecule has 0 aromatic carbocycles. The van der Waals surface area contributed by atoms with Crippen LogP contribution in [0.4, 0.5) is 0 Å². The minimum absolute atomic E-state index is 0.00777. The molecule has 0 aromatic rings. The highest BCUT2D eigenvalue weighted by Gasteiger charge is 2.54. The van der Waals surface area contributed by atoms with Crippen molar-refractivity contribution in [2.24, 2.45) is 34.4 Å². The van der Waals surface area contributed by atoms with Crippen LogP contribution in [-0.2, 0) is 33.2 Å². The summed E-state index contributed by atoms with van der Waals surface area (Å²) in [5.74, 6) is -1.22. The third-order valence-corrected chi connectivity index (χ3v) is 9.54. The minimum atomic E-state index is -1.70. The van der Waals surface area contributed by atoms with Gasteiger partial charge in [0, 0.05) is 25.7 Å². The first kappa shape index (κ1) is 41.8. The number of carbonyl (C=O) groups excluding carboxylic acids is 1. The summed E-state index contributed by atoms with van der Waals surface area (Å²) in [5, 5.41) is 86.6. The summed E-state index contributed by atoms with van der Waals surface area (Å²) in [4.78, 5) is 12.9. The predicted molar refractivity (Wildman–Crippen MR) is 171 cm³/mol. The molecule has 23 heteroatoms. The number of nitrogens with two attached hydrogens (primary N) is 6. The predicted octanol–water partition coefficient (Wildman–Crippen LogP) is -9.47. The molecule has 19 atom stereocenters. The summed E-state index contributed by atoms with van der Waals surface area (Å²) < 4.78 is 35.3. The first-order valence-corrected chi connectivity index (χ1v) is 16.8. The Balaban J connectivity index is 1.54. The van der Waals surface area contributed by atoms with Crippen LogP contribution in [-0.4, -0.2) is 190 Å². The fraction of sp³-hybridized carbons (Fsp3) is 0.929. The van der Waals surface area contributed by atoms with E-state index in [1.54, 1.807) is 0 Å². The van der Waals surface area contributed by atoms with Crippen molar-refractivity contribution in [1.29, 1.82) is 5.41 Å². The number of hydrogen-bond donors (Lipinski definition) is 16. The van der Waals surface area contributed by atoms with Gasteiger partial charge in [0.2, 0.25) is 5.91 Å². The van der Waals surface area contributed by atoms with E-state index in [0.29, 0.717) is 0 Å². The van der Waals surface area contributed by atoms with E-state index in [2.05, 4.69) is 10.6 Å². The van der Waals surface area contributed by atoms with Crippen molar-refractivity contribution in [3.63, 3.8) is 0 Å². The molecule has 0 bridgehead atoms. The van der Waals surface area contributed by atoms with Crippen LogP contribution < -0.4 is 45.0 Å². The van der Waals surface area contributed by atoms with Crippen molar-refractivity contribution < 1.29 is 69.0 Å². The van der Waals surface area contributed by atoms with Crippen LogP contribution in [0.1, 0.15) is 19.3 Å². The number of ether oxygens (including phenoxy) is 6. The molecule has 296 valence electrons. The highest BCUT2D eigenvalue weighted by atomic mass is 16.8. The normalized spacial score (nSPS) is 45.3. The van der Waals surface area contributed by atoms with E-state index in [9.17, 15) is 40.5 Å². The van der Waals surface area contributed by atoms with E-state index in [-0.39, 0.29) is 44.9 Å². The van der Waals surface area contributed by atoms with Crippen LogP contribution in [0.25, 0.3) is 0 Å². The van der Waals surface area contributed by atoms with Crippen LogP contribution in [0.5, 0.6) is 0 Å². The smallest absolute Gasteiger partial charge is 0.249 e. The summed E-state index contributed by atoms with van der Waals surface area (Å²) >= 11 is 0. The summed E-state index contributed by atoms with van der Waals surface area (Å²) in [6.45, 7) is -0.958. The zero-order valence-electron chi connectivity index (χ0n) is 27.9. The Morgan fingerprint density at radius 2 is 1.39 bits per heavy atom. The lowest BCUT2D eigenvalue weighted by Crippen LogP contribution is -2.67. The second-order valence-electron chi connectivity index (χ2n) is 13.3. The van der Waals surface area contributed by atoms with Crippen molar-refractivity contribution in [2.75, 3.05) is 26.2 Å². The number of aliphatic hydroxyl groups excluding tert-OH is 7. The van der Waals surface area contributed by atoms with Gasteiger partial charge in [-0.25, -0.2) is 0 Å². The van der Waals surface area contributed by atoms with Crippen LogP contribution in [0, 0.1) is 5.41 Å². The second-order valence-corrected chi connectivity index (χ2v) is 13.3. The van der Waals surface area contributed by atoms with Crippen molar-refractivity contribution in [1.82, 2.24) is 10.6 Å². The number of aliphatic hydroxyl groups is 7. The summed E-state index contributed by atoms with van der Waals surface area (Å²) in [7, 11) is 0. The number of hydrogen-bond acceptors (Lipinski definition) is 20. The van der Waals surface area contributed by atoms with E-state index < -0.39 is 129 Å². The molecule has 1 saturated carbocycles. The molecule has 51 heavy (non-hydrogen) atoms. The molecule has 0 spiro atoms. The summed E-state index contributed by atoms with van der Waals surface area (Å²) in [5.41, 5.74) is 35.4. The van der Waals surface area contributed by atoms with Gasteiger partial charge in [-0.3, -0.25) is 10.2 Å². The largest absolute Gasteiger partial charge is 0.394 e. The van der Waals surface area contributed by atoms with E-state index in [1.165, 1.54) is 0 Å². The molecule has 4 rings (SSSR count). The van der Waals surface area contributed by atoms with Gasteiger partial charge >= 0.3 is 0 Å². The molecule has 3 aliphatic heterocycles. The highest BCUT2D eigenvalue weighted by Crippen LogP contribution is 2.34. The van der Waals surface area contributed by atoms with Gasteiger partial charge in [0.15, 0.2) is 24.8 Å². The van der Waals surface area contributed by atoms with Gasteiger partial charge in [0.1, 0.15) is 61.0 Å². The Kier molecular flexibility index (Phi) is 15.0. The molecular formula is C28H55N9O14. The molecule has 3 saturated heterocycles. The quantitative estimate of drug-likeness (QED) is 0.0580. The van der Waals surface area contributed by atoms with E-state index in [4.69, 9.17) is 68.2 Å². The van der Waals surface area contributed by atoms with Crippen molar-refractivity contribution in [2.45, 2.75) is 136 Å². The number of rotatable bonds is 14. The summed E-state index contributed by atoms with van der Waals surface area (Å²) in [6.07, 6.45) is -20.5. The average Bonchev–Trinajstić information content (AvgIpc) is 3.38. The van der Waals surface area contributed by atoms with Crippen molar-refractivity contribution in [3.05, 3.63) is 0 Å². The monoisotopic (exact) mass is 741 g/mol. The standard InChI is InChI=1S/C28H55N9O14/c29-5-13-12(40)4-9(32)25(46-13)49-21-8(31)3-10(37-24(45)11(39)1-2-36-28(34)35)17(41)23(21)51-27-20(44)22(15(7-38)48-27)50-26-16(33)19(43)18(42)14(6-30)47-26/h8-23,25-27,38-44H,1-7,29-33H2,(H,37,45)(H4,34,35,36)/t8-,9+,10+,11-,12-,13+,14-,15+,16+,17-,18+,19+,20+,21+,22+,23+,25+,26+,27-/m0/s1. The lowest BCUT2D eigenvalue weighted by molar-refractivity contribution is -0.296. The van der Waals surface area contributed by atoms with Gasteiger partial charge in [-0.05, 0) is 19.3 Å². The first-order valence-electron chi connectivity index (χ1n) is 16.8. The number of guanidine groups is 1. The van der Waals surface area contributed by atoms with Crippen LogP contribution >= 0.6 is 0 Å². The van der Waals surface area contributed by atoms with Gasteiger partial charge in [-0.15, -0.1) is 0 Å². The minimum Gasteiger partial charge on any atom is -0.394 e. The topological polar surface area (TPSA) is 418 Å². The van der Waals surface area contributed by atoms with Crippen molar-refractivity contribution >= 4 is 11.9 Å². The van der Waals surface area contributed by atoms with Gasteiger partial charge in [-0.2, -0.15) is 0 Å². The van der Waals surface area contributed by atoms with E-state index in [0.717, 1.165) is 0 Å². The molecular weight excluding hydrogens is 686 g/mol. The Morgan fingerprint density at radius 1 is 0.784 bits per heavy atom. The average molecular weight is 742 g/mol.